The number of para-hydroxylation sites is 1. The molecule has 1 atom stereocenters. The number of carbonyl (C=O) groups is 1. The molecule has 6 heteroatoms. The zero-order valence-corrected chi connectivity index (χ0v) is 21.2. The fraction of sp³-hybridized carbons (Fsp3) is 0.194. The number of nitrogens with zero attached hydrogens (tertiary/aromatic N) is 1. The number of hydrogen-bond acceptors (Lipinski definition) is 6. The molecule has 194 valence electrons. The average Bonchev–Trinajstić information content (AvgIpc) is 2.93. The zero-order valence-electron chi connectivity index (χ0n) is 21.2. The minimum absolute atomic E-state index is 0.0306. The maximum Gasteiger partial charge on any atom is 0.155 e. The van der Waals surface area contributed by atoms with Crippen LogP contribution in [0.2, 0.25) is 0 Å². The molecule has 0 heterocycles. The summed E-state index contributed by atoms with van der Waals surface area (Å²) in [6.07, 6.45) is 0.918. The highest BCUT2D eigenvalue weighted by Gasteiger charge is 2.15. The molecule has 4 aromatic rings. The van der Waals surface area contributed by atoms with E-state index in [-0.39, 0.29) is 30.8 Å². The minimum atomic E-state index is -0.333. The number of hydrogen-bond donors (Lipinski definition) is 4. The van der Waals surface area contributed by atoms with E-state index in [0.29, 0.717) is 5.75 Å². The summed E-state index contributed by atoms with van der Waals surface area (Å²) >= 11 is 0. The van der Waals surface area contributed by atoms with Crippen LogP contribution >= 0.6 is 0 Å². The highest BCUT2D eigenvalue weighted by atomic mass is 16.3. The van der Waals surface area contributed by atoms with Crippen LogP contribution in [0.3, 0.4) is 0 Å². The molecule has 4 aromatic carbocycles. The van der Waals surface area contributed by atoms with E-state index in [1.807, 2.05) is 84.6 Å². The molecular weight excluding hydrogens is 466 g/mol. The van der Waals surface area contributed by atoms with Gasteiger partial charge in [0.25, 0.3) is 0 Å². The standard InChI is InChI=1S/C15H17NO2.C13H12O.C3H6O2/c1-12(11-17)16(13-5-3-2-4-6-13)14-7-9-15(18)10-8-14;14-13-8-6-12(7-9-13)10-11-4-2-1-3-5-11;1-3(5)2-4/h2-10,12,17-18H,11H2,1H3;1-9,14H,10H2;4H,2H2,1H3. The van der Waals surface area contributed by atoms with Gasteiger partial charge in [-0.15, -0.1) is 0 Å². The number of Topliss-reactive ketones (excluding diaryl/α,β-unsaturated/α-hetero) is 1. The quantitative estimate of drug-likeness (QED) is 0.268. The van der Waals surface area contributed by atoms with Gasteiger partial charge in [0.15, 0.2) is 5.78 Å². The van der Waals surface area contributed by atoms with Gasteiger partial charge in [0.2, 0.25) is 0 Å². The van der Waals surface area contributed by atoms with Crippen molar-refractivity contribution in [3.8, 4) is 11.5 Å². The van der Waals surface area contributed by atoms with E-state index >= 15 is 0 Å². The molecule has 6 nitrogen and oxygen atoms in total. The average molecular weight is 502 g/mol. The van der Waals surface area contributed by atoms with Crippen LogP contribution in [-0.4, -0.2) is 45.5 Å². The second kappa shape index (κ2) is 15.8. The molecule has 0 aliphatic carbocycles. The van der Waals surface area contributed by atoms with Crippen molar-refractivity contribution >= 4 is 17.2 Å². The number of benzene rings is 4. The molecule has 4 rings (SSSR count). The monoisotopic (exact) mass is 501 g/mol. The van der Waals surface area contributed by atoms with E-state index in [9.17, 15) is 15.0 Å². The summed E-state index contributed by atoms with van der Waals surface area (Å²) in [5.74, 6) is 0.371. The fourth-order valence-electron chi connectivity index (χ4n) is 3.39. The molecule has 4 N–H and O–H groups in total. The number of aliphatic hydroxyl groups excluding tert-OH is 2. The van der Waals surface area contributed by atoms with E-state index in [2.05, 4.69) is 12.1 Å². The van der Waals surface area contributed by atoms with Crippen molar-refractivity contribution in [1.29, 1.82) is 0 Å². The predicted octanol–water partition coefficient (Wildman–Crippen LogP) is 5.46. The maximum absolute atomic E-state index is 9.56. The Kier molecular flexibility index (Phi) is 12.4. The SMILES string of the molecule is CC(=O)CO.CC(CO)N(c1ccccc1)c1ccc(O)cc1.Oc1ccc(Cc2ccccc2)cc1. The van der Waals surface area contributed by atoms with Crippen molar-refractivity contribution in [2.45, 2.75) is 26.3 Å². The van der Waals surface area contributed by atoms with E-state index in [0.717, 1.165) is 17.8 Å². The first-order chi connectivity index (χ1) is 17.8. The Bertz CT molecular complexity index is 1160. The van der Waals surface area contributed by atoms with Crippen LogP contribution < -0.4 is 4.90 Å². The van der Waals surface area contributed by atoms with Crippen LogP contribution in [0, 0.1) is 0 Å². The van der Waals surface area contributed by atoms with Crippen molar-refractivity contribution in [1.82, 2.24) is 0 Å². The summed E-state index contributed by atoms with van der Waals surface area (Å²) in [5, 5.41) is 35.6. The van der Waals surface area contributed by atoms with Gasteiger partial charge in [-0.05, 0) is 79.9 Å². The molecule has 37 heavy (non-hydrogen) atoms. The van der Waals surface area contributed by atoms with Crippen LogP contribution in [0.4, 0.5) is 11.4 Å². The summed E-state index contributed by atoms with van der Waals surface area (Å²) in [7, 11) is 0. The third-order valence-electron chi connectivity index (χ3n) is 5.28. The normalized spacial score (nSPS) is 10.7. The number of phenolic OH excluding ortho intramolecular Hbond substituents is 2. The Morgan fingerprint density at radius 2 is 1.08 bits per heavy atom. The molecule has 0 saturated heterocycles. The Morgan fingerprint density at radius 3 is 1.54 bits per heavy atom. The molecule has 0 bridgehead atoms. The van der Waals surface area contributed by atoms with Gasteiger partial charge in [-0.1, -0.05) is 60.7 Å². The molecule has 1 unspecified atom stereocenters. The highest BCUT2D eigenvalue weighted by Crippen LogP contribution is 2.28. The highest BCUT2D eigenvalue weighted by molar-refractivity contribution is 5.76. The summed E-state index contributed by atoms with van der Waals surface area (Å²) in [6.45, 7) is 3.02. The number of phenols is 2. The van der Waals surface area contributed by atoms with Crippen LogP contribution in [-0.2, 0) is 11.2 Å². The van der Waals surface area contributed by atoms with E-state index < -0.39 is 0 Å². The maximum atomic E-state index is 9.56. The lowest BCUT2D eigenvalue weighted by Gasteiger charge is -2.30. The first-order valence-corrected chi connectivity index (χ1v) is 12.0. The Hall–Kier alpha value is -4.13. The molecular formula is C31H35NO5. The number of aliphatic hydroxyl groups is 2. The third-order valence-corrected chi connectivity index (χ3v) is 5.28. The van der Waals surface area contributed by atoms with Gasteiger partial charge in [-0.2, -0.15) is 0 Å². The number of ketones is 1. The molecule has 0 aromatic heterocycles. The van der Waals surface area contributed by atoms with Gasteiger partial charge < -0.3 is 25.3 Å². The van der Waals surface area contributed by atoms with E-state index in [4.69, 9.17) is 10.2 Å². The van der Waals surface area contributed by atoms with Gasteiger partial charge in [0, 0.05) is 11.4 Å². The van der Waals surface area contributed by atoms with Crippen molar-refractivity contribution in [3.63, 3.8) is 0 Å². The van der Waals surface area contributed by atoms with Crippen LogP contribution in [0.25, 0.3) is 0 Å². The molecule has 0 aliphatic heterocycles. The largest absolute Gasteiger partial charge is 0.508 e. The predicted molar refractivity (Wildman–Crippen MR) is 148 cm³/mol. The lowest BCUT2D eigenvalue weighted by Crippen LogP contribution is -2.31. The fourth-order valence-corrected chi connectivity index (χ4v) is 3.39. The van der Waals surface area contributed by atoms with Gasteiger partial charge in [-0.25, -0.2) is 0 Å². The second-order valence-corrected chi connectivity index (χ2v) is 8.44. The Balaban J connectivity index is 0.000000225. The second-order valence-electron chi connectivity index (χ2n) is 8.44. The number of anilines is 2. The molecule has 0 fully saturated rings. The van der Waals surface area contributed by atoms with Gasteiger partial charge in [-0.3, -0.25) is 4.79 Å². The van der Waals surface area contributed by atoms with Crippen molar-refractivity contribution < 1.29 is 25.2 Å². The zero-order chi connectivity index (χ0) is 27.0. The third kappa shape index (κ3) is 10.6. The van der Waals surface area contributed by atoms with Gasteiger partial charge >= 0.3 is 0 Å². The van der Waals surface area contributed by atoms with E-state index in [1.54, 1.807) is 24.3 Å². The first kappa shape index (κ1) is 29.1. The molecule has 0 amide bonds. The van der Waals surface area contributed by atoms with Crippen molar-refractivity contribution in [3.05, 3.63) is 120 Å². The lowest BCUT2D eigenvalue weighted by molar-refractivity contribution is -0.119. The van der Waals surface area contributed by atoms with Crippen LogP contribution in [0.1, 0.15) is 25.0 Å². The van der Waals surface area contributed by atoms with Crippen LogP contribution in [0.15, 0.2) is 109 Å². The Labute approximate surface area is 218 Å². The molecule has 0 aliphatic rings. The first-order valence-electron chi connectivity index (χ1n) is 12.0. The topological polar surface area (TPSA) is 101 Å². The Morgan fingerprint density at radius 1 is 0.676 bits per heavy atom. The molecule has 0 radical (unpaired) electrons. The molecule has 0 saturated carbocycles. The minimum Gasteiger partial charge on any atom is -0.508 e. The summed E-state index contributed by atoms with van der Waals surface area (Å²) in [4.78, 5) is 11.6. The molecule has 0 spiro atoms. The summed E-state index contributed by atoms with van der Waals surface area (Å²) in [6, 6.07) is 34.5. The number of aromatic hydroxyl groups is 2. The number of rotatable bonds is 7. The lowest BCUT2D eigenvalue weighted by atomic mass is 10.1. The van der Waals surface area contributed by atoms with E-state index in [1.165, 1.54) is 18.1 Å². The smallest absolute Gasteiger partial charge is 0.155 e. The van der Waals surface area contributed by atoms with Gasteiger partial charge in [0.1, 0.15) is 18.1 Å². The van der Waals surface area contributed by atoms with Gasteiger partial charge in [0.05, 0.1) is 12.6 Å². The van der Waals surface area contributed by atoms with Crippen molar-refractivity contribution in [2.24, 2.45) is 0 Å². The van der Waals surface area contributed by atoms with Crippen molar-refractivity contribution in [2.75, 3.05) is 18.1 Å². The van der Waals surface area contributed by atoms with Crippen LogP contribution in [0.5, 0.6) is 11.5 Å². The number of carbonyl (C=O) groups excluding carboxylic acids is 1. The summed E-state index contributed by atoms with van der Waals surface area (Å²) < 4.78 is 0. The summed E-state index contributed by atoms with van der Waals surface area (Å²) in [5.41, 5.74) is 4.47.